The Balaban J connectivity index is 1.97. The second-order valence-electron chi connectivity index (χ2n) is 10.6. The van der Waals surface area contributed by atoms with Crippen molar-refractivity contribution in [1.29, 1.82) is 0 Å². The maximum absolute atomic E-state index is 4.70. The molecule has 0 spiro atoms. The van der Waals surface area contributed by atoms with Gasteiger partial charge < -0.3 is 4.81 Å². The van der Waals surface area contributed by atoms with Crippen LogP contribution in [0.5, 0.6) is 0 Å². The summed E-state index contributed by atoms with van der Waals surface area (Å²) in [6, 6.07) is 17.4. The minimum absolute atomic E-state index is 0.122. The Bertz CT molecular complexity index is 1030. The lowest BCUT2D eigenvalue weighted by Crippen LogP contribution is -2.34. The number of para-hydroxylation sites is 1. The highest BCUT2D eigenvalue weighted by molar-refractivity contribution is 6.45. The molecule has 0 amide bonds. The molecule has 29 heavy (non-hydrogen) atoms. The van der Waals surface area contributed by atoms with Gasteiger partial charge in [-0.1, -0.05) is 89.2 Å². The summed E-state index contributed by atoms with van der Waals surface area (Å²) in [4.78, 5) is 2.50. The fourth-order valence-electron chi connectivity index (χ4n) is 4.16. The predicted octanol–water partition coefficient (Wildman–Crippen LogP) is 4.92. The van der Waals surface area contributed by atoms with Crippen LogP contribution in [-0.4, -0.2) is 29.7 Å². The van der Waals surface area contributed by atoms with Crippen molar-refractivity contribution >= 4 is 20.5 Å². The molecule has 0 saturated heterocycles. The molecule has 6 heteroatoms. The summed E-state index contributed by atoms with van der Waals surface area (Å²) >= 11 is 0. The topological polar surface area (TPSA) is 34.0 Å². The largest absolute Gasteiger partial charge is 0.413 e. The smallest absolute Gasteiger partial charge is 0.275 e. The van der Waals surface area contributed by atoms with Crippen LogP contribution in [0.1, 0.15) is 47.1 Å². The van der Waals surface area contributed by atoms with E-state index in [1.54, 1.807) is 0 Å². The van der Waals surface area contributed by atoms with Gasteiger partial charge in [0.25, 0.3) is 7.41 Å². The molecular weight excluding hydrogens is 354 g/mol. The Morgan fingerprint density at radius 3 is 2.10 bits per heavy atom. The molecule has 1 aromatic heterocycles. The van der Waals surface area contributed by atoms with Crippen molar-refractivity contribution in [3.63, 3.8) is 0 Å². The lowest BCUT2D eigenvalue weighted by molar-refractivity contribution is 0.718. The molecule has 2 aromatic carbocycles. The van der Waals surface area contributed by atoms with Crippen molar-refractivity contribution in [2.24, 2.45) is 0 Å². The molecule has 0 N–H and O–H groups in total. The first-order chi connectivity index (χ1) is 13.6. The molecule has 148 valence electrons. The number of fused-ring (bicyclic) bond motifs is 5. The summed E-state index contributed by atoms with van der Waals surface area (Å²) < 4.78 is 2.10. The normalized spacial score (nSPS) is 13.7. The molecule has 0 radical (unpaired) electrons. The van der Waals surface area contributed by atoms with E-state index in [0.29, 0.717) is 0 Å². The number of nitrogens with zero attached hydrogens (tertiary/aromatic N) is 4. The summed E-state index contributed by atoms with van der Waals surface area (Å²) in [6.07, 6.45) is 0. The Hall–Kier alpha value is -2.49. The van der Waals surface area contributed by atoms with Gasteiger partial charge in [0, 0.05) is 23.4 Å². The predicted molar refractivity (Wildman–Crippen MR) is 126 cm³/mol. The van der Waals surface area contributed by atoms with Crippen molar-refractivity contribution in [1.82, 2.24) is 14.9 Å². The van der Waals surface area contributed by atoms with Gasteiger partial charge in [0.05, 0.1) is 5.69 Å². The first kappa shape index (κ1) is 19.8. The third-order valence-electron chi connectivity index (χ3n) is 5.16. The zero-order valence-electron chi connectivity index (χ0n) is 18.5. The minimum atomic E-state index is 0.122. The van der Waals surface area contributed by atoms with Gasteiger partial charge in [-0.25, -0.2) is 0 Å². The number of rotatable bonds is 2. The van der Waals surface area contributed by atoms with Gasteiger partial charge in [0.2, 0.25) is 7.41 Å². The van der Waals surface area contributed by atoms with Gasteiger partial charge in [0.1, 0.15) is 5.69 Å². The van der Waals surface area contributed by atoms with E-state index in [1.165, 1.54) is 22.4 Å². The van der Waals surface area contributed by atoms with E-state index in [1.807, 2.05) is 0 Å². The SMILES string of the molecule is CC(C)(C)BN1Cc2ccccc2-c2c(nnn2BC(C)(C)C)-c2ccccc21. The van der Waals surface area contributed by atoms with Crippen LogP contribution >= 0.6 is 0 Å². The van der Waals surface area contributed by atoms with Gasteiger partial charge in [-0.3, -0.25) is 4.59 Å². The number of benzene rings is 2. The molecule has 1 aliphatic heterocycles. The van der Waals surface area contributed by atoms with Gasteiger partial charge >= 0.3 is 0 Å². The molecule has 2 heterocycles. The van der Waals surface area contributed by atoms with Gasteiger partial charge in [-0.05, 0) is 22.3 Å². The second-order valence-corrected chi connectivity index (χ2v) is 10.6. The van der Waals surface area contributed by atoms with Crippen molar-refractivity contribution in [2.75, 3.05) is 4.81 Å². The fourth-order valence-corrected chi connectivity index (χ4v) is 4.16. The maximum atomic E-state index is 4.70. The molecule has 4 nitrogen and oxygen atoms in total. The summed E-state index contributed by atoms with van der Waals surface area (Å²) in [7, 11) is 1.81. The third kappa shape index (κ3) is 4.12. The van der Waals surface area contributed by atoms with Crippen molar-refractivity contribution in [2.45, 2.75) is 58.7 Å². The van der Waals surface area contributed by atoms with Crippen molar-refractivity contribution in [3.8, 4) is 22.5 Å². The first-order valence-corrected chi connectivity index (χ1v) is 10.5. The molecule has 0 aliphatic carbocycles. The van der Waals surface area contributed by atoms with E-state index in [-0.39, 0.29) is 10.6 Å². The maximum Gasteiger partial charge on any atom is 0.275 e. The molecule has 0 fully saturated rings. The summed E-state index contributed by atoms with van der Waals surface area (Å²) in [5, 5.41) is 9.62. The average Bonchev–Trinajstić information content (AvgIpc) is 3.00. The van der Waals surface area contributed by atoms with Crippen LogP contribution in [0.25, 0.3) is 22.5 Å². The van der Waals surface area contributed by atoms with Crippen LogP contribution < -0.4 is 4.81 Å². The van der Waals surface area contributed by atoms with Crippen molar-refractivity contribution in [3.05, 3.63) is 54.1 Å². The van der Waals surface area contributed by atoms with Crippen LogP contribution in [0.3, 0.4) is 0 Å². The third-order valence-corrected chi connectivity index (χ3v) is 5.16. The summed E-state index contributed by atoms with van der Waals surface area (Å²) in [6.45, 7) is 14.5. The van der Waals surface area contributed by atoms with Gasteiger partial charge in [-0.2, -0.15) is 0 Å². The number of hydrogen-bond donors (Lipinski definition) is 0. The molecule has 4 rings (SSSR count). The first-order valence-electron chi connectivity index (χ1n) is 10.5. The van der Waals surface area contributed by atoms with E-state index >= 15 is 0 Å². The Morgan fingerprint density at radius 1 is 0.793 bits per heavy atom. The second kappa shape index (κ2) is 7.08. The van der Waals surface area contributed by atoms with E-state index in [0.717, 1.165) is 32.8 Å². The van der Waals surface area contributed by atoms with E-state index in [2.05, 4.69) is 105 Å². The Labute approximate surface area is 175 Å². The van der Waals surface area contributed by atoms with Gasteiger partial charge in [0.15, 0.2) is 0 Å². The van der Waals surface area contributed by atoms with E-state index < -0.39 is 0 Å². The van der Waals surface area contributed by atoms with Crippen LogP contribution in [0.15, 0.2) is 48.5 Å². The van der Waals surface area contributed by atoms with E-state index in [4.69, 9.17) is 5.10 Å². The quantitative estimate of drug-likeness (QED) is 0.589. The van der Waals surface area contributed by atoms with Crippen LogP contribution in [0.4, 0.5) is 5.69 Å². The molecule has 0 atom stereocenters. The zero-order chi connectivity index (χ0) is 20.8. The Morgan fingerprint density at radius 2 is 1.41 bits per heavy atom. The van der Waals surface area contributed by atoms with Crippen LogP contribution in [0.2, 0.25) is 10.6 Å². The summed E-state index contributed by atoms with van der Waals surface area (Å²) in [5.41, 5.74) is 7.09. The van der Waals surface area contributed by atoms with Crippen LogP contribution in [-0.2, 0) is 6.54 Å². The highest BCUT2D eigenvalue weighted by atomic mass is 15.4. The number of hydrogen-bond acceptors (Lipinski definition) is 3. The standard InChI is InChI=1S/C23H30B2N4/c1-22(2,3)24-28-15-16-11-7-8-12-17(16)21-20(18-13-9-10-14-19(18)28)26-27-29(21)25-23(4,5)6/h7-14,24-25H,15H2,1-6H3. The lowest BCUT2D eigenvalue weighted by atomic mass is 9.62. The molecule has 0 bridgehead atoms. The number of anilines is 1. The Kier molecular flexibility index (Phi) is 4.84. The zero-order valence-corrected chi connectivity index (χ0v) is 18.5. The highest BCUT2D eigenvalue weighted by Crippen LogP contribution is 2.42. The minimum Gasteiger partial charge on any atom is -0.413 e. The highest BCUT2D eigenvalue weighted by Gasteiger charge is 2.30. The molecular formula is C23H30B2N4. The average molecular weight is 384 g/mol. The monoisotopic (exact) mass is 384 g/mol. The van der Waals surface area contributed by atoms with Gasteiger partial charge in [-0.15, -0.1) is 5.10 Å². The van der Waals surface area contributed by atoms with Crippen LogP contribution in [0, 0.1) is 0 Å². The molecule has 0 unspecified atom stereocenters. The summed E-state index contributed by atoms with van der Waals surface area (Å²) in [5.74, 6) is 0. The molecule has 1 aliphatic rings. The molecule has 3 aromatic rings. The number of aromatic nitrogens is 3. The van der Waals surface area contributed by atoms with E-state index in [9.17, 15) is 0 Å². The molecule has 0 saturated carbocycles. The fraction of sp³-hybridized carbons (Fsp3) is 0.391. The lowest BCUT2D eigenvalue weighted by Gasteiger charge is -2.34. The van der Waals surface area contributed by atoms with Crippen molar-refractivity contribution < 1.29 is 0 Å².